The van der Waals surface area contributed by atoms with Crippen molar-refractivity contribution in [1.29, 1.82) is 0 Å². The molecule has 18 heavy (non-hydrogen) atoms. The van der Waals surface area contributed by atoms with E-state index in [1.807, 2.05) is 6.92 Å². The molecule has 1 aliphatic carbocycles. The molecule has 6 heteroatoms. The zero-order chi connectivity index (χ0) is 13.2. The molecule has 5 nitrogen and oxygen atoms in total. The van der Waals surface area contributed by atoms with Crippen molar-refractivity contribution in [2.45, 2.75) is 32.7 Å². The molecule has 0 aliphatic heterocycles. The van der Waals surface area contributed by atoms with Crippen LogP contribution in [0, 0.1) is 12.3 Å². The summed E-state index contributed by atoms with van der Waals surface area (Å²) in [6.45, 7) is 3.86. The van der Waals surface area contributed by atoms with Gasteiger partial charge in [-0.3, -0.25) is 4.90 Å². The van der Waals surface area contributed by atoms with Crippen molar-refractivity contribution in [3.05, 3.63) is 16.1 Å². The Morgan fingerprint density at radius 1 is 1.67 bits per heavy atom. The molecule has 0 saturated heterocycles. The first-order chi connectivity index (χ1) is 8.53. The van der Waals surface area contributed by atoms with Gasteiger partial charge < -0.3 is 10.9 Å². The summed E-state index contributed by atoms with van der Waals surface area (Å²) in [5.41, 5.74) is 6.94. The number of aromatic nitrogens is 1. The van der Waals surface area contributed by atoms with E-state index in [9.17, 15) is 0 Å². The van der Waals surface area contributed by atoms with Crippen LogP contribution in [0.15, 0.2) is 10.5 Å². The summed E-state index contributed by atoms with van der Waals surface area (Å²) in [6, 6.07) is 0. The molecule has 1 saturated carbocycles. The van der Waals surface area contributed by atoms with Crippen molar-refractivity contribution in [3.8, 4) is 0 Å². The van der Waals surface area contributed by atoms with Crippen LogP contribution in [0.3, 0.4) is 0 Å². The minimum absolute atomic E-state index is 0.218. The third-order valence-corrected chi connectivity index (χ3v) is 4.17. The number of hydrogen-bond donors (Lipinski definition) is 2. The van der Waals surface area contributed by atoms with E-state index in [4.69, 9.17) is 10.9 Å². The molecule has 0 bridgehead atoms. The molecule has 0 amide bonds. The van der Waals surface area contributed by atoms with E-state index in [-0.39, 0.29) is 5.41 Å². The number of oxime groups is 1. The molecule has 1 aromatic rings. The number of amidine groups is 1. The second-order valence-electron chi connectivity index (χ2n) is 5.30. The van der Waals surface area contributed by atoms with E-state index in [1.54, 1.807) is 11.3 Å². The Morgan fingerprint density at radius 3 is 2.89 bits per heavy atom. The van der Waals surface area contributed by atoms with Gasteiger partial charge >= 0.3 is 0 Å². The van der Waals surface area contributed by atoms with E-state index in [1.165, 1.54) is 0 Å². The van der Waals surface area contributed by atoms with Gasteiger partial charge in [0, 0.05) is 24.9 Å². The average molecular weight is 268 g/mol. The zero-order valence-electron chi connectivity index (χ0n) is 10.9. The molecule has 1 heterocycles. The van der Waals surface area contributed by atoms with Crippen molar-refractivity contribution in [2.24, 2.45) is 16.3 Å². The number of hydrogen-bond acceptors (Lipinski definition) is 5. The minimum atomic E-state index is 0.218. The van der Waals surface area contributed by atoms with Gasteiger partial charge in [-0.2, -0.15) is 0 Å². The van der Waals surface area contributed by atoms with Crippen LogP contribution in [0.5, 0.6) is 0 Å². The van der Waals surface area contributed by atoms with Crippen LogP contribution in [-0.2, 0) is 6.54 Å². The van der Waals surface area contributed by atoms with Gasteiger partial charge in [0.05, 0.1) is 10.7 Å². The molecule has 0 unspecified atom stereocenters. The normalized spacial score (nSPS) is 18.3. The number of rotatable bonds is 6. The standard InChI is InChI=1S/C12H20N4OS/c1-9-14-10(7-18-9)6-16(2)8-12(3-4-12)5-11(13)15-17/h7,17H,3-6,8H2,1-2H3,(H2,13,15). The van der Waals surface area contributed by atoms with Gasteiger partial charge in [-0.15, -0.1) is 11.3 Å². The predicted molar refractivity (Wildman–Crippen MR) is 72.9 cm³/mol. The number of thiazole rings is 1. The Morgan fingerprint density at radius 2 is 2.39 bits per heavy atom. The molecule has 1 fully saturated rings. The van der Waals surface area contributed by atoms with Crippen molar-refractivity contribution in [3.63, 3.8) is 0 Å². The largest absolute Gasteiger partial charge is 0.409 e. The van der Waals surface area contributed by atoms with Crippen molar-refractivity contribution in [1.82, 2.24) is 9.88 Å². The van der Waals surface area contributed by atoms with Gasteiger partial charge in [-0.05, 0) is 32.2 Å². The third kappa shape index (κ3) is 3.43. The van der Waals surface area contributed by atoms with Crippen molar-refractivity contribution in [2.75, 3.05) is 13.6 Å². The maximum Gasteiger partial charge on any atom is 0.139 e. The lowest BCUT2D eigenvalue weighted by atomic mass is 10.0. The summed E-state index contributed by atoms with van der Waals surface area (Å²) in [5.74, 6) is 0.338. The fraction of sp³-hybridized carbons (Fsp3) is 0.667. The first-order valence-corrected chi connectivity index (χ1v) is 6.97. The van der Waals surface area contributed by atoms with E-state index >= 15 is 0 Å². The summed E-state index contributed by atoms with van der Waals surface area (Å²) in [7, 11) is 2.10. The zero-order valence-corrected chi connectivity index (χ0v) is 11.7. The molecular formula is C12H20N4OS. The fourth-order valence-electron chi connectivity index (χ4n) is 2.37. The second kappa shape index (κ2) is 5.24. The predicted octanol–water partition coefficient (Wildman–Crippen LogP) is 1.80. The van der Waals surface area contributed by atoms with E-state index < -0.39 is 0 Å². The Bertz CT molecular complexity index is 439. The highest BCUT2D eigenvalue weighted by molar-refractivity contribution is 7.09. The second-order valence-corrected chi connectivity index (χ2v) is 6.36. The lowest BCUT2D eigenvalue weighted by Crippen LogP contribution is -2.30. The monoisotopic (exact) mass is 268 g/mol. The van der Waals surface area contributed by atoms with E-state index in [0.29, 0.717) is 12.3 Å². The highest BCUT2D eigenvalue weighted by Gasteiger charge is 2.44. The number of aryl methyl sites for hydroxylation is 1. The minimum Gasteiger partial charge on any atom is -0.409 e. The van der Waals surface area contributed by atoms with Crippen LogP contribution in [0.25, 0.3) is 0 Å². The van der Waals surface area contributed by atoms with Crippen LogP contribution in [0.1, 0.15) is 30.0 Å². The lowest BCUT2D eigenvalue weighted by Gasteiger charge is -2.22. The average Bonchev–Trinajstić information content (AvgIpc) is 2.92. The van der Waals surface area contributed by atoms with E-state index in [2.05, 4.69) is 27.5 Å². The molecule has 2 rings (SSSR count). The van der Waals surface area contributed by atoms with Gasteiger partial charge in [-0.25, -0.2) is 4.98 Å². The van der Waals surface area contributed by atoms with Crippen LogP contribution >= 0.6 is 11.3 Å². The third-order valence-electron chi connectivity index (χ3n) is 3.35. The maximum atomic E-state index is 8.64. The molecule has 0 atom stereocenters. The fourth-order valence-corrected chi connectivity index (χ4v) is 2.98. The smallest absolute Gasteiger partial charge is 0.139 e. The Labute approximate surface area is 111 Å². The summed E-state index contributed by atoms with van der Waals surface area (Å²) in [4.78, 5) is 6.74. The molecule has 1 aromatic heterocycles. The summed E-state index contributed by atoms with van der Waals surface area (Å²) in [5, 5.41) is 14.9. The van der Waals surface area contributed by atoms with Gasteiger partial charge in [0.15, 0.2) is 0 Å². The number of nitrogens with two attached hydrogens (primary N) is 1. The molecule has 0 aromatic carbocycles. The molecule has 0 radical (unpaired) electrons. The van der Waals surface area contributed by atoms with Gasteiger partial charge in [-0.1, -0.05) is 5.16 Å². The van der Waals surface area contributed by atoms with E-state index in [0.717, 1.165) is 36.6 Å². The molecule has 100 valence electrons. The molecule has 1 aliphatic rings. The van der Waals surface area contributed by atoms with Crippen molar-refractivity contribution >= 4 is 17.2 Å². The van der Waals surface area contributed by atoms with Crippen LogP contribution < -0.4 is 5.73 Å². The highest BCUT2D eigenvalue weighted by Crippen LogP contribution is 2.49. The molecule has 0 spiro atoms. The highest BCUT2D eigenvalue weighted by atomic mass is 32.1. The summed E-state index contributed by atoms with van der Waals surface area (Å²) >= 11 is 1.68. The summed E-state index contributed by atoms with van der Waals surface area (Å²) < 4.78 is 0. The lowest BCUT2D eigenvalue weighted by molar-refractivity contribution is 0.254. The molecular weight excluding hydrogens is 248 g/mol. The van der Waals surface area contributed by atoms with Gasteiger partial charge in [0.1, 0.15) is 5.84 Å². The van der Waals surface area contributed by atoms with Crippen molar-refractivity contribution < 1.29 is 5.21 Å². The Kier molecular flexibility index (Phi) is 3.87. The number of nitrogens with zero attached hydrogens (tertiary/aromatic N) is 3. The Balaban J connectivity index is 1.86. The van der Waals surface area contributed by atoms with Gasteiger partial charge in [0.2, 0.25) is 0 Å². The molecule has 3 N–H and O–H groups in total. The van der Waals surface area contributed by atoms with Crippen LogP contribution in [0.2, 0.25) is 0 Å². The first-order valence-electron chi connectivity index (χ1n) is 6.09. The topological polar surface area (TPSA) is 74.7 Å². The summed E-state index contributed by atoms with van der Waals surface area (Å²) in [6.07, 6.45) is 3.00. The maximum absolute atomic E-state index is 8.64. The first kappa shape index (κ1) is 13.3. The Hall–Kier alpha value is -1.14. The SMILES string of the molecule is Cc1nc(CN(C)CC2(CC(N)=NO)CC2)cs1. The van der Waals surface area contributed by atoms with Crippen LogP contribution in [-0.4, -0.2) is 34.5 Å². The van der Waals surface area contributed by atoms with Gasteiger partial charge in [0.25, 0.3) is 0 Å². The van der Waals surface area contributed by atoms with Crippen LogP contribution in [0.4, 0.5) is 0 Å². The quantitative estimate of drug-likeness (QED) is 0.357.